The van der Waals surface area contributed by atoms with Crippen molar-refractivity contribution < 1.29 is 9.34 Å². The molecule has 1 heterocycles. The van der Waals surface area contributed by atoms with E-state index >= 15 is 0 Å². The van der Waals surface area contributed by atoms with E-state index in [1.165, 1.54) is 6.07 Å². The molecule has 0 aliphatic carbocycles. The summed E-state index contributed by atoms with van der Waals surface area (Å²) < 4.78 is 5.36. The summed E-state index contributed by atoms with van der Waals surface area (Å²) in [6.07, 6.45) is 1.65. The molecule has 6 heteroatoms. The van der Waals surface area contributed by atoms with E-state index in [-0.39, 0.29) is 10.6 Å². The van der Waals surface area contributed by atoms with E-state index in [0.717, 1.165) is 17.9 Å². The van der Waals surface area contributed by atoms with Crippen molar-refractivity contribution in [2.45, 2.75) is 20.0 Å². The number of nitro benzene ring substituents is 1. The Labute approximate surface area is 123 Å². The number of hydrogen-bond donors (Lipinski definition) is 1. The Kier molecular flexibility index (Phi) is 4.94. The summed E-state index contributed by atoms with van der Waals surface area (Å²) >= 11 is 0. The number of nitro groups is 1. The summed E-state index contributed by atoms with van der Waals surface area (Å²) in [5.74, 6) is 0.883. The van der Waals surface area contributed by atoms with Gasteiger partial charge < -0.3 is 9.73 Å². The molecular formula is C15H19N3O3. The van der Waals surface area contributed by atoms with Gasteiger partial charge in [-0.3, -0.25) is 15.0 Å². The molecule has 1 aromatic carbocycles. The molecule has 1 aromatic heterocycles. The zero-order chi connectivity index (χ0) is 15.2. The van der Waals surface area contributed by atoms with Gasteiger partial charge in [-0.1, -0.05) is 19.1 Å². The average molecular weight is 289 g/mol. The van der Waals surface area contributed by atoms with Gasteiger partial charge in [0.05, 0.1) is 17.7 Å². The summed E-state index contributed by atoms with van der Waals surface area (Å²) in [6.45, 7) is 4.18. The molecule has 6 nitrogen and oxygen atoms in total. The molecule has 1 N–H and O–H groups in total. The van der Waals surface area contributed by atoms with Crippen LogP contribution in [0.3, 0.4) is 0 Å². The molecule has 0 bridgehead atoms. The highest BCUT2D eigenvalue weighted by atomic mass is 16.6. The lowest BCUT2D eigenvalue weighted by atomic mass is 10.1. The van der Waals surface area contributed by atoms with E-state index in [2.05, 4.69) is 17.1 Å². The quantitative estimate of drug-likeness (QED) is 0.625. The second-order valence-corrected chi connectivity index (χ2v) is 4.70. The molecule has 21 heavy (non-hydrogen) atoms. The Morgan fingerprint density at radius 1 is 1.29 bits per heavy atom. The van der Waals surface area contributed by atoms with Crippen molar-refractivity contribution in [2.24, 2.45) is 0 Å². The molecule has 0 saturated carbocycles. The lowest BCUT2D eigenvalue weighted by Crippen LogP contribution is -2.22. The van der Waals surface area contributed by atoms with Gasteiger partial charge in [-0.15, -0.1) is 0 Å². The van der Waals surface area contributed by atoms with Crippen molar-refractivity contribution in [3.05, 3.63) is 58.0 Å². The number of benzene rings is 1. The van der Waals surface area contributed by atoms with Crippen LogP contribution in [0.5, 0.6) is 0 Å². The minimum absolute atomic E-state index is 0.101. The van der Waals surface area contributed by atoms with Crippen LogP contribution in [-0.4, -0.2) is 23.4 Å². The summed E-state index contributed by atoms with van der Waals surface area (Å²) in [4.78, 5) is 12.9. The van der Waals surface area contributed by atoms with Crippen LogP contribution in [-0.2, 0) is 13.1 Å². The van der Waals surface area contributed by atoms with Gasteiger partial charge in [0.15, 0.2) is 0 Å². The number of nitrogens with zero attached hydrogens (tertiary/aromatic N) is 2. The van der Waals surface area contributed by atoms with Crippen LogP contribution in [0.1, 0.15) is 18.2 Å². The molecule has 0 aliphatic rings. The summed E-state index contributed by atoms with van der Waals surface area (Å²) in [5.41, 5.74) is 1.57. The third-order valence-corrected chi connectivity index (χ3v) is 3.38. The van der Waals surface area contributed by atoms with E-state index in [1.54, 1.807) is 19.4 Å². The molecule has 2 aromatic rings. The minimum Gasteiger partial charge on any atom is -0.468 e. The van der Waals surface area contributed by atoms with Crippen LogP contribution >= 0.6 is 0 Å². The second kappa shape index (κ2) is 6.90. The monoisotopic (exact) mass is 289 g/mol. The molecule has 0 radical (unpaired) electrons. The largest absolute Gasteiger partial charge is 0.468 e. The average Bonchev–Trinajstić information content (AvgIpc) is 2.99. The molecule has 0 spiro atoms. The Bertz CT molecular complexity index is 596. The fourth-order valence-corrected chi connectivity index (χ4v) is 2.30. The number of anilines is 1. The maximum Gasteiger partial charge on any atom is 0.292 e. The van der Waals surface area contributed by atoms with Crippen molar-refractivity contribution in [3.8, 4) is 0 Å². The van der Waals surface area contributed by atoms with Crippen molar-refractivity contribution in [2.75, 3.05) is 18.9 Å². The van der Waals surface area contributed by atoms with Gasteiger partial charge in [-0.25, -0.2) is 0 Å². The predicted molar refractivity (Wildman–Crippen MR) is 81.1 cm³/mol. The number of rotatable bonds is 7. The molecule has 0 unspecified atom stereocenters. The van der Waals surface area contributed by atoms with E-state index < -0.39 is 0 Å². The molecule has 0 fully saturated rings. The Morgan fingerprint density at radius 2 is 2.10 bits per heavy atom. The van der Waals surface area contributed by atoms with Crippen LogP contribution in [0.25, 0.3) is 0 Å². The number of para-hydroxylation sites is 1. The maximum atomic E-state index is 11.1. The van der Waals surface area contributed by atoms with Crippen LogP contribution in [0.4, 0.5) is 11.4 Å². The van der Waals surface area contributed by atoms with Gasteiger partial charge in [-0.2, -0.15) is 0 Å². The lowest BCUT2D eigenvalue weighted by Gasteiger charge is -2.20. The standard InChI is InChI=1S/C15H19N3O3/c1-3-17(11-13-7-5-9-21-13)10-12-6-4-8-14(18(19)20)15(12)16-2/h4-9,16H,3,10-11H2,1-2H3. The topological polar surface area (TPSA) is 71.5 Å². The van der Waals surface area contributed by atoms with Crippen LogP contribution in [0, 0.1) is 10.1 Å². The van der Waals surface area contributed by atoms with Gasteiger partial charge >= 0.3 is 0 Å². The van der Waals surface area contributed by atoms with Crippen molar-refractivity contribution in [3.63, 3.8) is 0 Å². The summed E-state index contributed by atoms with van der Waals surface area (Å²) in [6, 6.07) is 8.92. The van der Waals surface area contributed by atoms with E-state index in [1.807, 2.05) is 18.2 Å². The first-order valence-electron chi connectivity index (χ1n) is 6.84. The van der Waals surface area contributed by atoms with E-state index in [9.17, 15) is 10.1 Å². The van der Waals surface area contributed by atoms with Crippen LogP contribution in [0.2, 0.25) is 0 Å². The number of hydrogen-bond acceptors (Lipinski definition) is 5. The highest BCUT2D eigenvalue weighted by molar-refractivity contribution is 5.66. The first-order valence-corrected chi connectivity index (χ1v) is 6.84. The molecule has 0 aliphatic heterocycles. The fourth-order valence-electron chi connectivity index (χ4n) is 2.30. The molecular weight excluding hydrogens is 270 g/mol. The lowest BCUT2D eigenvalue weighted by molar-refractivity contribution is -0.384. The van der Waals surface area contributed by atoms with Gasteiger partial charge in [0.25, 0.3) is 5.69 Å². The summed E-state index contributed by atoms with van der Waals surface area (Å²) in [7, 11) is 1.70. The molecule has 0 atom stereocenters. The first-order chi connectivity index (χ1) is 10.2. The molecule has 0 amide bonds. The number of nitrogens with one attached hydrogen (secondary N) is 1. The van der Waals surface area contributed by atoms with Crippen molar-refractivity contribution >= 4 is 11.4 Å². The van der Waals surface area contributed by atoms with Crippen molar-refractivity contribution in [1.82, 2.24) is 4.90 Å². The zero-order valence-electron chi connectivity index (χ0n) is 12.2. The predicted octanol–water partition coefficient (Wildman–Crippen LogP) is 3.25. The smallest absolute Gasteiger partial charge is 0.292 e. The van der Waals surface area contributed by atoms with Crippen molar-refractivity contribution in [1.29, 1.82) is 0 Å². The Balaban J connectivity index is 2.20. The summed E-state index contributed by atoms with van der Waals surface area (Å²) in [5, 5.41) is 14.0. The third kappa shape index (κ3) is 3.61. The molecule has 0 saturated heterocycles. The second-order valence-electron chi connectivity index (χ2n) is 4.70. The van der Waals surface area contributed by atoms with Gasteiger partial charge in [0, 0.05) is 19.7 Å². The van der Waals surface area contributed by atoms with Crippen LogP contribution < -0.4 is 5.32 Å². The normalized spacial score (nSPS) is 10.8. The van der Waals surface area contributed by atoms with Gasteiger partial charge in [0.2, 0.25) is 0 Å². The fraction of sp³-hybridized carbons (Fsp3) is 0.333. The van der Waals surface area contributed by atoms with E-state index in [4.69, 9.17) is 4.42 Å². The van der Waals surface area contributed by atoms with E-state index in [0.29, 0.717) is 18.8 Å². The molecule has 112 valence electrons. The third-order valence-electron chi connectivity index (χ3n) is 3.38. The molecule has 2 rings (SSSR count). The number of furan rings is 1. The highest BCUT2D eigenvalue weighted by Gasteiger charge is 2.17. The first kappa shape index (κ1) is 15.1. The van der Waals surface area contributed by atoms with Crippen LogP contribution in [0.15, 0.2) is 41.0 Å². The Hall–Kier alpha value is -2.34. The Morgan fingerprint density at radius 3 is 2.67 bits per heavy atom. The maximum absolute atomic E-state index is 11.1. The minimum atomic E-state index is -0.363. The van der Waals surface area contributed by atoms with Gasteiger partial charge in [-0.05, 0) is 24.2 Å². The van der Waals surface area contributed by atoms with Gasteiger partial charge in [0.1, 0.15) is 11.4 Å². The zero-order valence-corrected chi connectivity index (χ0v) is 12.2. The SMILES string of the molecule is CCN(Cc1ccco1)Cc1cccc([N+](=O)[O-])c1NC. The highest BCUT2D eigenvalue weighted by Crippen LogP contribution is 2.29.